The molecule has 25 heavy (non-hydrogen) atoms. The zero-order valence-electron chi connectivity index (χ0n) is 13.6. The topological polar surface area (TPSA) is 91.7 Å². The summed E-state index contributed by atoms with van der Waals surface area (Å²) in [6.45, 7) is 0.748. The first kappa shape index (κ1) is 14.4. The Morgan fingerprint density at radius 1 is 1.24 bits per heavy atom. The molecule has 0 aliphatic heterocycles. The molecule has 0 radical (unpaired) electrons. The smallest absolute Gasteiger partial charge is 0.178 e. The van der Waals surface area contributed by atoms with Gasteiger partial charge in [0, 0.05) is 35.9 Å². The minimum atomic E-state index is 0.633. The number of anilines is 2. The van der Waals surface area contributed by atoms with Gasteiger partial charge in [0.2, 0.25) is 0 Å². The summed E-state index contributed by atoms with van der Waals surface area (Å²) in [5.74, 6) is 0.696. The normalized spacial score (nSPS) is 14.9. The van der Waals surface area contributed by atoms with Crippen molar-refractivity contribution < 1.29 is 4.52 Å². The van der Waals surface area contributed by atoms with Crippen LogP contribution in [0.1, 0.15) is 25.0 Å². The van der Waals surface area contributed by atoms with Crippen molar-refractivity contribution in [2.24, 2.45) is 0 Å². The van der Waals surface area contributed by atoms with Crippen molar-refractivity contribution in [2.45, 2.75) is 31.8 Å². The van der Waals surface area contributed by atoms with Crippen LogP contribution in [0, 0.1) is 0 Å². The summed E-state index contributed by atoms with van der Waals surface area (Å²) in [4.78, 5) is 4.36. The van der Waals surface area contributed by atoms with Gasteiger partial charge >= 0.3 is 0 Å². The Kier molecular flexibility index (Phi) is 3.38. The number of aromatic amines is 1. The molecule has 0 amide bonds. The van der Waals surface area contributed by atoms with E-state index in [-0.39, 0.29) is 0 Å². The third-order valence-corrected chi connectivity index (χ3v) is 4.79. The molecule has 1 aliphatic carbocycles. The Bertz CT molecular complexity index is 1030. The molecule has 0 spiro atoms. The van der Waals surface area contributed by atoms with Gasteiger partial charge < -0.3 is 15.2 Å². The Hall–Kier alpha value is -2.93. The fourth-order valence-electron chi connectivity index (χ4n) is 3.13. The first-order valence-corrected chi connectivity index (χ1v) is 8.54. The summed E-state index contributed by atoms with van der Waals surface area (Å²) in [7, 11) is 0. The first-order valence-electron chi connectivity index (χ1n) is 8.54. The minimum absolute atomic E-state index is 0.633. The molecule has 7 heteroatoms. The average molecular weight is 334 g/mol. The van der Waals surface area contributed by atoms with Crippen molar-refractivity contribution in [1.82, 2.24) is 25.7 Å². The molecule has 1 fully saturated rings. The van der Waals surface area contributed by atoms with Gasteiger partial charge in [-0.25, -0.2) is 0 Å². The molecule has 5 rings (SSSR count). The van der Waals surface area contributed by atoms with Crippen molar-refractivity contribution >= 4 is 33.5 Å². The highest BCUT2D eigenvalue weighted by Crippen LogP contribution is 2.27. The summed E-state index contributed by atoms with van der Waals surface area (Å²) in [5, 5.41) is 19.3. The fraction of sp³-hybridized carbons (Fsp3) is 0.278. The highest BCUT2D eigenvalue weighted by molar-refractivity contribution is 5.89. The van der Waals surface area contributed by atoms with Crippen LogP contribution in [0.4, 0.5) is 11.5 Å². The van der Waals surface area contributed by atoms with Crippen LogP contribution in [-0.4, -0.2) is 26.4 Å². The lowest BCUT2D eigenvalue weighted by Crippen LogP contribution is -2.34. The molecule has 126 valence electrons. The van der Waals surface area contributed by atoms with Crippen molar-refractivity contribution in [3.8, 4) is 0 Å². The van der Waals surface area contributed by atoms with Gasteiger partial charge in [0.15, 0.2) is 11.4 Å². The van der Waals surface area contributed by atoms with Crippen molar-refractivity contribution in [3.05, 3.63) is 42.2 Å². The van der Waals surface area contributed by atoms with E-state index in [2.05, 4.69) is 31.0 Å². The van der Waals surface area contributed by atoms with Crippen molar-refractivity contribution in [1.29, 1.82) is 0 Å². The number of fused-ring (bicyclic) bond motifs is 2. The van der Waals surface area contributed by atoms with Crippen LogP contribution >= 0.6 is 0 Å². The van der Waals surface area contributed by atoms with Crippen molar-refractivity contribution in [3.63, 3.8) is 0 Å². The monoisotopic (exact) mass is 334 g/mol. The van der Waals surface area contributed by atoms with E-state index < -0.39 is 0 Å². The lowest BCUT2D eigenvalue weighted by Gasteiger charge is -2.26. The summed E-state index contributed by atoms with van der Waals surface area (Å²) < 4.78 is 5.51. The van der Waals surface area contributed by atoms with E-state index in [0.29, 0.717) is 11.9 Å². The number of aromatic nitrogens is 4. The molecule has 1 aliphatic rings. The maximum atomic E-state index is 5.51. The first-order chi connectivity index (χ1) is 12.4. The van der Waals surface area contributed by atoms with E-state index in [9.17, 15) is 0 Å². The Morgan fingerprint density at radius 3 is 3.08 bits per heavy atom. The second kappa shape index (κ2) is 5.86. The van der Waals surface area contributed by atoms with Crippen LogP contribution in [-0.2, 0) is 6.54 Å². The maximum Gasteiger partial charge on any atom is 0.178 e. The number of H-pyrrole nitrogens is 1. The maximum absolute atomic E-state index is 5.51. The Morgan fingerprint density at radius 2 is 2.20 bits per heavy atom. The fourth-order valence-corrected chi connectivity index (χ4v) is 3.13. The molecule has 0 unspecified atom stereocenters. The third-order valence-electron chi connectivity index (χ3n) is 4.79. The number of pyridine rings is 1. The van der Waals surface area contributed by atoms with Gasteiger partial charge in [-0.3, -0.25) is 10.1 Å². The average Bonchev–Trinajstić information content (AvgIpc) is 3.18. The number of nitrogens with one attached hydrogen (secondary N) is 3. The molecule has 0 atom stereocenters. The summed E-state index contributed by atoms with van der Waals surface area (Å²) in [6.07, 6.45) is 5.60. The molecule has 3 heterocycles. The van der Waals surface area contributed by atoms with E-state index in [4.69, 9.17) is 4.52 Å². The summed E-state index contributed by atoms with van der Waals surface area (Å²) in [5.41, 5.74) is 4.32. The number of hydrogen-bond donors (Lipinski definition) is 3. The summed E-state index contributed by atoms with van der Waals surface area (Å²) in [6, 6.07) is 10.4. The quantitative estimate of drug-likeness (QED) is 0.517. The number of rotatable bonds is 5. The molecular weight excluding hydrogens is 316 g/mol. The second-order valence-corrected chi connectivity index (χ2v) is 6.45. The van der Waals surface area contributed by atoms with Gasteiger partial charge in [0.05, 0.1) is 5.52 Å². The predicted octanol–water partition coefficient (Wildman–Crippen LogP) is 3.48. The standard InChI is InChI=1S/C18H18N6O/c1-3-11(4-1)20-10-15-13-7-6-12(9-16(13)25-24-15)21-18-17-14(22-23-18)5-2-8-19-17/h2,5-9,11,20H,1,3-4,10H2,(H2,21,22,23). The van der Waals surface area contributed by atoms with Gasteiger partial charge in [-0.15, -0.1) is 0 Å². The predicted molar refractivity (Wildman–Crippen MR) is 95.7 cm³/mol. The van der Waals surface area contributed by atoms with Crippen LogP contribution in [0.5, 0.6) is 0 Å². The van der Waals surface area contributed by atoms with E-state index in [0.717, 1.165) is 39.9 Å². The lowest BCUT2D eigenvalue weighted by molar-refractivity contribution is 0.333. The highest BCUT2D eigenvalue weighted by atomic mass is 16.5. The van der Waals surface area contributed by atoms with E-state index in [1.807, 2.05) is 30.3 Å². The zero-order valence-corrected chi connectivity index (χ0v) is 13.6. The zero-order chi connectivity index (χ0) is 16.6. The molecule has 3 N–H and O–H groups in total. The van der Waals surface area contributed by atoms with E-state index in [1.165, 1.54) is 19.3 Å². The van der Waals surface area contributed by atoms with Crippen LogP contribution in [0.25, 0.3) is 22.0 Å². The van der Waals surface area contributed by atoms with Gasteiger partial charge in [-0.05, 0) is 37.1 Å². The van der Waals surface area contributed by atoms with Gasteiger partial charge in [0.25, 0.3) is 0 Å². The molecule has 1 saturated carbocycles. The second-order valence-electron chi connectivity index (χ2n) is 6.45. The Balaban J connectivity index is 1.39. The van der Waals surface area contributed by atoms with Gasteiger partial charge in [-0.1, -0.05) is 11.6 Å². The molecule has 0 bridgehead atoms. The molecule has 4 aromatic rings. The van der Waals surface area contributed by atoms with Crippen LogP contribution in [0.3, 0.4) is 0 Å². The molecule has 0 saturated heterocycles. The van der Waals surface area contributed by atoms with Crippen LogP contribution < -0.4 is 10.6 Å². The lowest BCUT2D eigenvalue weighted by atomic mass is 9.93. The number of nitrogens with zero attached hydrogens (tertiary/aromatic N) is 3. The van der Waals surface area contributed by atoms with E-state index >= 15 is 0 Å². The number of hydrogen-bond acceptors (Lipinski definition) is 6. The third kappa shape index (κ3) is 2.62. The summed E-state index contributed by atoms with van der Waals surface area (Å²) >= 11 is 0. The number of benzene rings is 1. The minimum Gasteiger partial charge on any atom is -0.356 e. The Labute approximate surface area is 143 Å². The SMILES string of the molecule is c1cnc2c(Nc3ccc4c(CNC5CCC5)noc4c3)n[nH]c2c1. The molecule has 3 aromatic heterocycles. The largest absolute Gasteiger partial charge is 0.356 e. The highest BCUT2D eigenvalue weighted by Gasteiger charge is 2.18. The molecule has 1 aromatic carbocycles. The van der Waals surface area contributed by atoms with Gasteiger partial charge in [0.1, 0.15) is 11.2 Å². The van der Waals surface area contributed by atoms with Gasteiger partial charge in [-0.2, -0.15) is 5.10 Å². The van der Waals surface area contributed by atoms with Crippen LogP contribution in [0.15, 0.2) is 41.1 Å². The molecule has 7 nitrogen and oxygen atoms in total. The van der Waals surface area contributed by atoms with E-state index in [1.54, 1.807) is 6.20 Å². The van der Waals surface area contributed by atoms with Crippen molar-refractivity contribution in [2.75, 3.05) is 5.32 Å². The molecular formula is C18H18N6O. The van der Waals surface area contributed by atoms with Crippen LogP contribution in [0.2, 0.25) is 0 Å².